The summed E-state index contributed by atoms with van der Waals surface area (Å²) in [5.74, 6) is -0.789. The fraction of sp³-hybridized carbons (Fsp3) is 0.160. The predicted octanol–water partition coefficient (Wildman–Crippen LogP) is 4.83. The van der Waals surface area contributed by atoms with Gasteiger partial charge in [-0.25, -0.2) is 4.79 Å². The van der Waals surface area contributed by atoms with Crippen LogP contribution in [-0.2, 0) is 9.53 Å². The van der Waals surface area contributed by atoms with Crippen molar-refractivity contribution in [2.75, 3.05) is 19.0 Å². The van der Waals surface area contributed by atoms with E-state index in [1.54, 1.807) is 78.9 Å². The lowest BCUT2D eigenvalue weighted by Crippen LogP contribution is -2.34. The predicted molar refractivity (Wildman–Crippen MR) is 123 cm³/mol. The van der Waals surface area contributed by atoms with Crippen LogP contribution in [0.4, 0.5) is 5.69 Å². The molecule has 0 fully saturated rings. The van der Waals surface area contributed by atoms with Crippen LogP contribution < -0.4 is 10.1 Å². The summed E-state index contributed by atoms with van der Waals surface area (Å²) >= 11 is 5.92. The number of carbonyl (C=O) groups is 3. The van der Waals surface area contributed by atoms with Crippen LogP contribution in [0, 0.1) is 0 Å². The van der Waals surface area contributed by atoms with Crippen molar-refractivity contribution in [3.8, 4) is 5.75 Å². The SMILES string of the molecule is COc1cccc(C(=O)COC(=O)[C@@H](CC(=O)c2ccccc2)Nc2ccc(Cl)cc2)c1. The number of ether oxygens (including phenoxy) is 2. The van der Waals surface area contributed by atoms with E-state index in [0.717, 1.165) is 0 Å². The Morgan fingerprint density at radius 2 is 1.56 bits per heavy atom. The van der Waals surface area contributed by atoms with E-state index in [1.165, 1.54) is 7.11 Å². The number of ketones is 2. The highest BCUT2D eigenvalue weighted by molar-refractivity contribution is 6.30. The number of rotatable bonds is 10. The Kier molecular flexibility index (Phi) is 8.00. The van der Waals surface area contributed by atoms with Crippen molar-refractivity contribution in [2.45, 2.75) is 12.5 Å². The average Bonchev–Trinajstić information content (AvgIpc) is 2.83. The monoisotopic (exact) mass is 451 g/mol. The van der Waals surface area contributed by atoms with E-state index in [4.69, 9.17) is 21.1 Å². The first-order valence-electron chi connectivity index (χ1n) is 9.90. The largest absolute Gasteiger partial charge is 0.497 e. The molecular formula is C25H22ClNO5. The fourth-order valence-electron chi connectivity index (χ4n) is 2.98. The molecule has 0 aromatic heterocycles. The second-order valence-corrected chi connectivity index (χ2v) is 7.40. The van der Waals surface area contributed by atoms with Gasteiger partial charge in [-0.2, -0.15) is 0 Å². The highest BCUT2D eigenvalue weighted by Gasteiger charge is 2.25. The van der Waals surface area contributed by atoms with E-state index in [9.17, 15) is 14.4 Å². The zero-order valence-corrected chi connectivity index (χ0v) is 18.2. The van der Waals surface area contributed by atoms with Crippen LogP contribution in [-0.4, -0.2) is 37.3 Å². The van der Waals surface area contributed by atoms with Crippen LogP contribution in [0.5, 0.6) is 5.75 Å². The van der Waals surface area contributed by atoms with Crippen molar-refractivity contribution in [3.05, 3.63) is 95.0 Å². The summed E-state index contributed by atoms with van der Waals surface area (Å²) in [6.45, 7) is -0.454. The van der Waals surface area contributed by atoms with Crippen LogP contribution in [0.1, 0.15) is 27.1 Å². The third kappa shape index (κ3) is 6.43. The third-order valence-electron chi connectivity index (χ3n) is 4.69. The lowest BCUT2D eigenvalue weighted by Gasteiger charge is -2.18. The summed E-state index contributed by atoms with van der Waals surface area (Å²) in [6, 6.07) is 21.0. The Morgan fingerprint density at radius 3 is 2.25 bits per heavy atom. The Hall–Kier alpha value is -3.64. The molecule has 1 N–H and O–H groups in total. The molecule has 0 saturated carbocycles. The van der Waals surface area contributed by atoms with Crippen LogP contribution >= 0.6 is 11.6 Å². The first-order chi connectivity index (χ1) is 15.5. The molecule has 6 nitrogen and oxygen atoms in total. The quantitative estimate of drug-likeness (QED) is 0.351. The van der Waals surface area contributed by atoms with Crippen LogP contribution in [0.15, 0.2) is 78.9 Å². The molecule has 0 saturated heterocycles. The molecule has 0 aliphatic carbocycles. The van der Waals surface area contributed by atoms with E-state index in [1.807, 2.05) is 0 Å². The minimum Gasteiger partial charge on any atom is -0.497 e. The normalized spacial score (nSPS) is 11.3. The number of hydrogen-bond donors (Lipinski definition) is 1. The number of halogens is 1. The fourth-order valence-corrected chi connectivity index (χ4v) is 3.11. The molecular weight excluding hydrogens is 430 g/mol. The number of anilines is 1. The molecule has 0 amide bonds. The second-order valence-electron chi connectivity index (χ2n) is 6.96. The van der Waals surface area contributed by atoms with Crippen LogP contribution in [0.3, 0.4) is 0 Å². The van der Waals surface area contributed by atoms with Gasteiger partial charge < -0.3 is 14.8 Å². The van der Waals surface area contributed by atoms with Crippen LogP contribution in [0.2, 0.25) is 5.02 Å². The van der Waals surface area contributed by atoms with Gasteiger partial charge in [0, 0.05) is 28.3 Å². The topological polar surface area (TPSA) is 81.7 Å². The van der Waals surface area contributed by atoms with Gasteiger partial charge in [0.1, 0.15) is 11.8 Å². The van der Waals surface area contributed by atoms with Crippen molar-refractivity contribution < 1.29 is 23.9 Å². The van der Waals surface area contributed by atoms with Crippen molar-refractivity contribution >= 4 is 34.8 Å². The maximum atomic E-state index is 12.8. The standard InChI is InChI=1S/C25H22ClNO5/c1-31-21-9-5-8-18(14-21)24(29)16-32-25(30)22(27-20-12-10-19(26)11-13-20)15-23(28)17-6-3-2-4-7-17/h2-14,22,27H,15-16H2,1H3/t22-/m1/s1. The lowest BCUT2D eigenvalue weighted by atomic mass is 10.0. The zero-order chi connectivity index (χ0) is 22.9. The van der Waals surface area contributed by atoms with Gasteiger partial charge in [-0.05, 0) is 36.4 Å². The minimum atomic E-state index is -0.984. The number of Topliss-reactive ketones (excluding diaryl/α,β-unsaturated/α-hetero) is 2. The lowest BCUT2D eigenvalue weighted by molar-refractivity contribution is -0.143. The van der Waals surface area contributed by atoms with Crippen molar-refractivity contribution in [1.29, 1.82) is 0 Å². The maximum absolute atomic E-state index is 12.8. The molecule has 0 aliphatic heterocycles. The van der Waals surface area contributed by atoms with E-state index in [-0.39, 0.29) is 18.0 Å². The van der Waals surface area contributed by atoms with Gasteiger partial charge in [0.2, 0.25) is 0 Å². The molecule has 0 heterocycles. The summed E-state index contributed by atoms with van der Waals surface area (Å²) < 4.78 is 10.4. The van der Waals surface area contributed by atoms with Gasteiger partial charge in [-0.15, -0.1) is 0 Å². The van der Waals surface area contributed by atoms with E-state index >= 15 is 0 Å². The molecule has 0 aliphatic rings. The van der Waals surface area contributed by atoms with Crippen molar-refractivity contribution in [1.82, 2.24) is 0 Å². The first-order valence-corrected chi connectivity index (χ1v) is 10.3. The Balaban J connectivity index is 1.70. The number of esters is 1. The summed E-state index contributed by atoms with van der Waals surface area (Å²) in [6.07, 6.45) is -0.140. The molecule has 0 spiro atoms. The molecule has 1 atom stereocenters. The maximum Gasteiger partial charge on any atom is 0.329 e. The number of benzene rings is 3. The highest BCUT2D eigenvalue weighted by Crippen LogP contribution is 2.18. The Morgan fingerprint density at radius 1 is 0.875 bits per heavy atom. The molecule has 164 valence electrons. The molecule has 32 heavy (non-hydrogen) atoms. The minimum absolute atomic E-state index is 0.140. The molecule has 3 aromatic carbocycles. The summed E-state index contributed by atoms with van der Waals surface area (Å²) in [7, 11) is 1.50. The van der Waals surface area contributed by atoms with Gasteiger partial charge in [0.15, 0.2) is 18.2 Å². The van der Waals surface area contributed by atoms with Gasteiger partial charge in [-0.1, -0.05) is 54.1 Å². The highest BCUT2D eigenvalue weighted by atomic mass is 35.5. The summed E-state index contributed by atoms with van der Waals surface area (Å²) in [5.41, 5.74) is 1.44. The van der Waals surface area contributed by atoms with Crippen LogP contribution in [0.25, 0.3) is 0 Å². The van der Waals surface area contributed by atoms with Gasteiger partial charge >= 0.3 is 5.97 Å². The number of carbonyl (C=O) groups excluding carboxylic acids is 3. The number of methoxy groups -OCH3 is 1. The Labute approximate surface area is 191 Å². The molecule has 3 aromatic rings. The van der Waals surface area contributed by atoms with Gasteiger partial charge in [0.25, 0.3) is 0 Å². The van der Waals surface area contributed by atoms with Crippen molar-refractivity contribution in [3.63, 3.8) is 0 Å². The summed E-state index contributed by atoms with van der Waals surface area (Å²) in [5, 5.41) is 3.54. The summed E-state index contributed by atoms with van der Waals surface area (Å²) in [4.78, 5) is 37.9. The molecule has 0 unspecified atom stereocenters. The molecule has 7 heteroatoms. The first kappa shape index (κ1) is 23.0. The second kappa shape index (κ2) is 11.1. The number of nitrogens with one attached hydrogen (secondary N) is 1. The van der Waals surface area contributed by atoms with Gasteiger partial charge in [-0.3, -0.25) is 9.59 Å². The molecule has 3 rings (SSSR count). The number of hydrogen-bond acceptors (Lipinski definition) is 6. The Bertz CT molecular complexity index is 1080. The zero-order valence-electron chi connectivity index (χ0n) is 17.4. The van der Waals surface area contributed by atoms with E-state index in [0.29, 0.717) is 27.6 Å². The smallest absolute Gasteiger partial charge is 0.329 e. The van der Waals surface area contributed by atoms with Crippen molar-refractivity contribution in [2.24, 2.45) is 0 Å². The molecule has 0 radical (unpaired) electrons. The van der Waals surface area contributed by atoms with Gasteiger partial charge in [0.05, 0.1) is 7.11 Å². The molecule has 0 bridgehead atoms. The van der Waals surface area contributed by atoms with E-state index < -0.39 is 18.6 Å². The van der Waals surface area contributed by atoms with E-state index in [2.05, 4.69) is 5.32 Å². The average molecular weight is 452 g/mol. The third-order valence-corrected chi connectivity index (χ3v) is 4.94.